The van der Waals surface area contributed by atoms with Crippen LogP contribution in [0.3, 0.4) is 0 Å². The van der Waals surface area contributed by atoms with Crippen LogP contribution in [0.15, 0.2) is 12.2 Å². The van der Waals surface area contributed by atoms with E-state index in [2.05, 4.69) is 27.4 Å². The maximum atomic E-state index is 12.5. The zero-order valence-electron chi connectivity index (χ0n) is 16.1. The van der Waals surface area contributed by atoms with Crippen LogP contribution in [0.5, 0.6) is 0 Å². The molecule has 0 aromatic carbocycles. The maximum Gasteiger partial charge on any atom is 0.344 e. The second-order valence-electron chi connectivity index (χ2n) is 9.15. The summed E-state index contributed by atoms with van der Waals surface area (Å²) in [5.41, 5.74) is 0.344. The Kier molecular flexibility index (Phi) is 4.76. The Morgan fingerprint density at radius 1 is 1.20 bits per heavy atom. The molecule has 0 N–H and O–H groups in total. The molecule has 140 valence electrons. The van der Waals surface area contributed by atoms with Gasteiger partial charge < -0.3 is 9.47 Å². The molecule has 4 aliphatic rings. The van der Waals surface area contributed by atoms with Gasteiger partial charge in [0.25, 0.3) is 0 Å². The highest BCUT2D eigenvalue weighted by molar-refractivity contribution is 5.88. The summed E-state index contributed by atoms with van der Waals surface area (Å²) in [6, 6.07) is 0. The van der Waals surface area contributed by atoms with Gasteiger partial charge in [-0.1, -0.05) is 27.4 Å². The first-order chi connectivity index (χ1) is 11.7. The highest BCUT2D eigenvalue weighted by Gasteiger charge is 2.64. The predicted molar refractivity (Wildman–Crippen MR) is 95.7 cm³/mol. The molecule has 0 aromatic rings. The Morgan fingerprint density at radius 2 is 1.80 bits per heavy atom. The lowest BCUT2D eigenvalue weighted by molar-refractivity contribution is -0.242. The van der Waals surface area contributed by atoms with Gasteiger partial charge in [0.2, 0.25) is 0 Å². The van der Waals surface area contributed by atoms with E-state index in [-0.39, 0.29) is 12.2 Å². The van der Waals surface area contributed by atoms with Crippen LogP contribution in [0.2, 0.25) is 0 Å². The molecule has 4 bridgehead atoms. The van der Waals surface area contributed by atoms with Crippen molar-refractivity contribution >= 4 is 11.9 Å². The topological polar surface area (TPSA) is 52.6 Å². The van der Waals surface area contributed by atoms with Crippen LogP contribution in [0, 0.1) is 29.1 Å². The Bertz CT molecular complexity index is 562. The van der Waals surface area contributed by atoms with Crippen LogP contribution >= 0.6 is 0 Å². The Hall–Kier alpha value is -1.32. The van der Waals surface area contributed by atoms with E-state index in [1.807, 2.05) is 0 Å². The maximum absolute atomic E-state index is 12.5. The first kappa shape index (κ1) is 18.5. The average molecular weight is 348 g/mol. The van der Waals surface area contributed by atoms with Gasteiger partial charge in [-0.25, -0.2) is 9.59 Å². The van der Waals surface area contributed by atoms with Gasteiger partial charge in [0.15, 0.2) is 6.61 Å². The first-order valence-corrected chi connectivity index (χ1v) is 9.74. The first-order valence-electron chi connectivity index (χ1n) is 9.74. The summed E-state index contributed by atoms with van der Waals surface area (Å²) in [4.78, 5) is 24.1. The molecule has 0 heterocycles. The fourth-order valence-electron chi connectivity index (χ4n) is 6.26. The summed E-state index contributed by atoms with van der Waals surface area (Å²) in [6.45, 7) is 11.6. The Labute approximate surface area is 151 Å². The van der Waals surface area contributed by atoms with Gasteiger partial charge in [0.05, 0.1) is 0 Å². The largest absolute Gasteiger partial charge is 0.456 e. The van der Waals surface area contributed by atoms with Crippen molar-refractivity contribution in [3.8, 4) is 0 Å². The molecular formula is C21H32O4. The summed E-state index contributed by atoms with van der Waals surface area (Å²) in [5, 5.41) is 0. The van der Waals surface area contributed by atoms with E-state index in [9.17, 15) is 9.59 Å². The lowest BCUT2D eigenvalue weighted by Crippen LogP contribution is -2.65. The normalized spacial score (nSPS) is 39.8. The number of carbonyl (C=O) groups excluding carboxylic acids is 2. The van der Waals surface area contributed by atoms with Crippen LogP contribution in [0.4, 0.5) is 0 Å². The van der Waals surface area contributed by atoms with Crippen LogP contribution < -0.4 is 0 Å². The van der Waals surface area contributed by atoms with Gasteiger partial charge in [0, 0.05) is 17.4 Å². The lowest BCUT2D eigenvalue weighted by atomic mass is 9.43. The fourth-order valence-corrected chi connectivity index (χ4v) is 6.26. The molecule has 0 amide bonds. The van der Waals surface area contributed by atoms with Crippen molar-refractivity contribution in [2.45, 2.75) is 71.8 Å². The minimum Gasteiger partial charge on any atom is -0.456 e. The highest BCUT2D eigenvalue weighted by Crippen LogP contribution is 2.66. The number of rotatable bonds is 6. The van der Waals surface area contributed by atoms with E-state index in [4.69, 9.17) is 9.47 Å². The van der Waals surface area contributed by atoms with Crippen molar-refractivity contribution in [2.75, 3.05) is 6.61 Å². The molecule has 4 heteroatoms. The average Bonchev–Trinajstić information content (AvgIpc) is 2.53. The van der Waals surface area contributed by atoms with Gasteiger partial charge >= 0.3 is 11.9 Å². The molecule has 4 nitrogen and oxygen atoms in total. The number of hydrogen-bond donors (Lipinski definition) is 0. The van der Waals surface area contributed by atoms with Crippen molar-refractivity contribution in [1.82, 2.24) is 0 Å². The van der Waals surface area contributed by atoms with Crippen molar-refractivity contribution < 1.29 is 19.1 Å². The molecule has 25 heavy (non-hydrogen) atoms. The van der Waals surface area contributed by atoms with Crippen molar-refractivity contribution in [1.29, 1.82) is 0 Å². The smallest absolute Gasteiger partial charge is 0.344 e. The minimum absolute atomic E-state index is 0.298. The summed E-state index contributed by atoms with van der Waals surface area (Å²) >= 11 is 0. The summed E-state index contributed by atoms with van der Waals surface area (Å²) in [5.74, 6) is 1.06. The SMILES string of the molecule is C=C(C)C(=O)OCC(=O)OC1(C(C)CC)C2CC3CC1CC(C)(C3)C2. The number of ether oxygens (including phenoxy) is 2. The van der Waals surface area contributed by atoms with Crippen LogP contribution in [0.25, 0.3) is 0 Å². The van der Waals surface area contributed by atoms with Crippen LogP contribution in [-0.4, -0.2) is 24.1 Å². The molecule has 0 saturated heterocycles. The van der Waals surface area contributed by atoms with E-state index in [1.54, 1.807) is 6.92 Å². The zero-order valence-corrected chi connectivity index (χ0v) is 16.1. The van der Waals surface area contributed by atoms with E-state index in [1.165, 1.54) is 19.3 Å². The Balaban J connectivity index is 1.78. The van der Waals surface area contributed by atoms with Crippen molar-refractivity contribution in [3.05, 3.63) is 12.2 Å². The standard InChI is InChI=1S/C21H32O4/c1-6-14(4)21(25-18(22)12-24-19(23)13(2)3)16-7-15-8-17(21)11-20(5,9-15)10-16/h14-17H,2,6-12H2,1,3-5H3. The van der Waals surface area contributed by atoms with Crippen LogP contribution in [-0.2, 0) is 19.1 Å². The molecule has 0 spiro atoms. The molecular weight excluding hydrogens is 316 g/mol. The van der Waals surface area contributed by atoms with Crippen LogP contribution in [0.1, 0.15) is 66.2 Å². The van der Waals surface area contributed by atoms with Gasteiger partial charge in [0.1, 0.15) is 5.60 Å². The highest BCUT2D eigenvalue weighted by atomic mass is 16.6. The molecule has 0 aromatic heterocycles. The molecule has 4 rings (SSSR count). The lowest BCUT2D eigenvalue weighted by Gasteiger charge is -2.65. The third-order valence-corrected chi connectivity index (χ3v) is 7.11. The van der Waals surface area contributed by atoms with Gasteiger partial charge in [-0.3, -0.25) is 0 Å². The fraction of sp³-hybridized carbons (Fsp3) is 0.810. The second kappa shape index (κ2) is 6.44. The van der Waals surface area contributed by atoms with Crippen molar-refractivity contribution in [3.63, 3.8) is 0 Å². The van der Waals surface area contributed by atoms with E-state index in [0.29, 0.717) is 28.7 Å². The molecule has 4 saturated carbocycles. The summed E-state index contributed by atoms with van der Waals surface area (Å²) < 4.78 is 11.2. The third-order valence-electron chi connectivity index (χ3n) is 7.11. The number of carbonyl (C=O) groups is 2. The number of hydrogen-bond acceptors (Lipinski definition) is 4. The summed E-state index contributed by atoms with van der Waals surface area (Å²) in [7, 11) is 0. The number of esters is 2. The zero-order chi connectivity index (χ0) is 18.4. The van der Waals surface area contributed by atoms with E-state index < -0.39 is 11.9 Å². The minimum atomic E-state index is -0.535. The quantitative estimate of drug-likeness (QED) is 0.531. The molecule has 4 aliphatic carbocycles. The van der Waals surface area contributed by atoms with Gasteiger partial charge in [-0.2, -0.15) is 0 Å². The second-order valence-corrected chi connectivity index (χ2v) is 9.15. The molecule has 0 aliphatic heterocycles. The van der Waals surface area contributed by atoms with Crippen molar-refractivity contribution in [2.24, 2.45) is 29.1 Å². The van der Waals surface area contributed by atoms with Gasteiger partial charge in [-0.15, -0.1) is 0 Å². The monoisotopic (exact) mass is 348 g/mol. The molecule has 3 unspecified atom stereocenters. The molecule has 0 radical (unpaired) electrons. The third kappa shape index (κ3) is 3.13. The summed E-state index contributed by atoms with van der Waals surface area (Å²) in [6.07, 6.45) is 6.99. The van der Waals surface area contributed by atoms with E-state index >= 15 is 0 Å². The van der Waals surface area contributed by atoms with E-state index in [0.717, 1.165) is 25.2 Å². The predicted octanol–water partition coefficient (Wildman–Crippen LogP) is 4.28. The Morgan fingerprint density at radius 3 is 2.28 bits per heavy atom. The molecule has 4 fully saturated rings. The molecule has 3 atom stereocenters. The van der Waals surface area contributed by atoms with Gasteiger partial charge in [-0.05, 0) is 62.7 Å².